The van der Waals surface area contributed by atoms with Crippen LogP contribution in [0.4, 0.5) is 0 Å². The molecular formula is C22H22N2O3. The molecule has 5 heteroatoms. The summed E-state index contributed by atoms with van der Waals surface area (Å²) in [5.74, 6) is -0.0892. The summed E-state index contributed by atoms with van der Waals surface area (Å²) < 4.78 is 5.55. The molecule has 1 aliphatic heterocycles. The first kappa shape index (κ1) is 17.5. The number of ether oxygens (including phenoxy) is 1. The van der Waals surface area contributed by atoms with Gasteiger partial charge in [0.2, 0.25) is 5.56 Å². The van der Waals surface area contributed by atoms with E-state index in [1.54, 1.807) is 6.07 Å². The average molecular weight is 362 g/mol. The molecule has 2 aromatic carbocycles. The minimum Gasteiger partial charge on any atom is -0.376 e. The molecule has 2 heterocycles. The van der Waals surface area contributed by atoms with Crippen LogP contribution in [0.25, 0.3) is 22.0 Å². The first-order chi connectivity index (χ1) is 13.1. The van der Waals surface area contributed by atoms with Crippen molar-refractivity contribution in [3.05, 3.63) is 70.0 Å². The smallest absolute Gasteiger partial charge is 0.251 e. The Kier molecular flexibility index (Phi) is 4.77. The van der Waals surface area contributed by atoms with Gasteiger partial charge in [0.25, 0.3) is 5.91 Å². The van der Waals surface area contributed by atoms with Crippen molar-refractivity contribution in [1.82, 2.24) is 10.3 Å². The van der Waals surface area contributed by atoms with E-state index < -0.39 is 0 Å². The number of H-pyrrole nitrogens is 1. The molecule has 2 N–H and O–H groups in total. The number of amides is 1. The van der Waals surface area contributed by atoms with E-state index in [0.717, 1.165) is 47.0 Å². The van der Waals surface area contributed by atoms with E-state index in [1.165, 1.54) is 0 Å². The summed E-state index contributed by atoms with van der Waals surface area (Å²) in [6, 6.07) is 15.1. The van der Waals surface area contributed by atoms with Gasteiger partial charge in [0, 0.05) is 35.7 Å². The molecule has 0 spiro atoms. The molecule has 0 bridgehead atoms. The second kappa shape index (κ2) is 7.37. The van der Waals surface area contributed by atoms with E-state index in [9.17, 15) is 9.59 Å². The molecule has 1 amide bonds. The highest BCUT2D eigenvalue weighted by molar-refractivity contribution is 5.96. The SMILES string of the molecule is Cc1cc(=O)[nH]c2ccc(-c3cccc(C(=O)NCC4CCCO4)c3)cc12. The number of carbonyl (C=O) groups is 1. The number of aryl methyl sites for hydroxylation is 1. The van der Waals surface area contributed by atoms with Crippen LogP contribution < -0.4 is 10.9 Å². The van der Waals surface area contributed by atoms with Crippen LogP contribution in [0.15, 0.2) is 53.3 Å². The lowest BCUT2D eigenvalue weighted by atomic mass is 9.99. The highest BCUT2D eigenvalue weighted by Crippen LogP contribution is 2.25. The molecule has 5 nitrogen and oxygen atoms in total. The quantitative estimate of drug-likeness (QED) is 0.747. The van der Waals surface area contributed by atoms with Crippen molar-refractivity contribution < 1.29 is 9.53 Å². The van der Waals surface area contributed by atoms with E-state index in [2.05, 4.69) is 10.3 Å². The standard InChI is InChI=1S/C22H22N2O3/c1-14-10-21(25)24-20-8-7-16(12-19(14)20)15-4-2-5-17(11-15)22(26)23-13-18-6-3-9-27-18/h2,4-5,7-8,10-12,18H,3,6,9,13H2,1H3,(H,23,26)(H,24,25). The summed E-state index contributed by atoms with van der Waals surface area (Å²) in [5.41, 5.74) is 4.25. The van der Waals surface area contributed by atoms with Crippen molar-refractivity contribution in [2.45, 2.75) is 25.9 Å². The summed E-state index contributed by atoms with van der Waals surface area (Å²) >= 11 is 0. The summed E-state index contributed by atoms with van der Waals surface area (Å²) in [6.45, 7) is 3.25. The lowest BCUT2D eigenvalue weighted by Gasteiger charge is -2.12. The maximum absolute atomic E-state index is 12.5. The number of aromatic nitrogens is 1. The molecule has 1 fully saturated rings. The van der Waals surface area contributed by atoms with Crippen LogP contribution in [0.2, 0.25) is 0 Å². The van der Waals surface area contributed by atoms with Crippen LogP contribution in [-0.2, 0) is 4.74 Å². The third kappa shape index (κ3) is 3.78. The van der Waals surface area contributed by atoms with Crippen molar-refractivity contribution in [3.8, 4) is 11.1 Å². The maximum atomic E-state index is 12.5. The van der Waals surface area contributed by atoms with Crippen LogP contribution in [-0.4, -0.2) is 30.1 Å². The Balaban J connectivity index is 1.59. The van der Waals surface area contributed by atoms with Crippen molar-refractivity contribution in [3.63, 3.8) is 0 Å². The number of rotatable bonds is 4. The topological polar surface area (TPSA) is 71.2 Å². The number of nitrogens with one attached hydrogen (secondary N) is 2. The van der Waals surface area contributed by atoms with E-state index >= 15 is 0 Å². The fourth-order valence-electron chi connectivity index (χ4n) is 3.56. The second-order valence-corrected chi connectivity index (χ2v) is 7.00. The predicted molar refractivity (Wildman–Crippen MR) is 106 cm³/mol. The van der Waals surface area contributed by atoms with Gasteiger partial charge in [-0.2, -0.15) is 0 Å². The average Bonchev–Trinajstić information content (AvgIpc) is 3.19. The molecule has 1 saturated heterocycles. The van der Waals surface area contributed by atoms with E-state index in [4.69, 9.17) is 4.74 Å². The summed E-state index contributed by atoms with van der Waals surface area (Å²) in [5, 5.41) is 3.96. The zero-order valence-corrected chi connectivity index (χ0v) is 15.2. The van der Waals surface area contributed by atoms with Gasteiger partial charge in [-0.3, -0.25) is 9.59 Å². The molecule has 0 saturated carbocycles. The van der Waals surface area contributed by atoms with Gasteiger partial charge in [0.1, 0.15) is 0 Å². The Morgan fingerprint density at radius 1 is 1.19 bits per heavy atom. The number of hydrogen-bond donors (Lipinski definition) is 2. The van der Waals surface area contributed by atoms with Crippen LogP contribution in [0, 0.1) is 6.92 Å². The fraction of sp³-hybridized carbons (Fsp3) is 0.273. The highest BCUT2D eigenvalue weighted by Gasteiger charge is 2.17. The highest BCUT2D eigenvalue weighted by atomic mass is 16.5. The van der Waals surface area contributed by atoms with Gasteiger partial charge < -0.3 is 15.0 Å². The molecule has 1 aliphatic rings. The predicted octanol–water partition coefficient (Wildman–Crippen LogP) is 3.41. The molecule has 1 aromatic heterocycles. The molecule has 138 valence electrons. The van der Waals surface area contributed by atoms with Gasteiger partial charge in [0.15, 0.2) is 0 Å². The zero-order valence-electron chi connectivity index (χ0n) is 15.2. The van der Waals surface area contributed by atoms with Crippen LogP contribution >= 0.6 is 0 Å². The van der Waals surface area contributed by atoms with E-state index in [0.29, 0.717) is 12.1 Å². The van der Waals surface area contributed by atoms with Crippen LogP contribution in [0.5, 0.6) is 0 Å². The molecular weight excluding hydrogens is 340 g/mol. The molecule has 3 aromatic rings. The monoisotopic (exact) mass is 362 g/mol. The number of fused-ring (bicyclic) bond motifs is 1. The van der Waals surface area contributed by atoms with Gasteiger partial charge in [-0.25, -0.2) is 0 Å². The number of carbonyl (C=O) groups excluding carboxylic acids is 1. The van der Waals surface area contributed by atoms with Crippen molar-refractivity contribution >= 4 is 16.8 Å². The Hall–Kier alpha value is -2.92. The zero-order chi connectivity index (χ0) is 18.8. The third-order valence-corrected chi connectivity index (χ3v) is 5.02. The van der Waals surface area contributed by atoms with Gasteiger partial charge in [-0.05, 0) is 60.7 Å². The number of aromatic amines is 1. The van der Waals surface area contributed by atoms with Crippen molar-refractivity contribution in [1.29, 1.82) is 0 Å². The second-order valence-electron chi connectivity index (χ2n) is 7.00. The van der Waals surface area contributed by atoms with E-state index in [1.807, 2.05) is 49.4 Å². The fourth-order valence-corrected chi connectivity index (χ4v) is 3.56. The first-order valence-electron chi connectivity index (χ1n) is 9.24. The molecule has 27 heavy (non-hydrogen) atoms. The minimum atomic E-state index is -0.0994. The Morgan fingerprint density at radius 3 is 2.85 bits per heavy atom. The summed E-state index contributed by atoms with van der Waals surface area (Å²) in [7, 11) is 0. The lowest BCUT2D eigenvalue weighted by molar-refractivity contribution is 0.0858. The van der Waals surface area contributed by atoms with Crippen molar-refractivity contribution in [2.24, 2.45) is 0 Å². The lowest BCUT2D eigenvalue weighted by Crippen LogP contribution is -2.31. The van der Waals surface area contributed by atoms with Crippen molar-refractivity contribution in [2.75, 3.05) is 13.2 Å². The Bertz CT molecular complexity index is 1050. The molecule has 1 unspecified atom stereocenters. The van der Waals surface area contributed by atoms with Gasteiger partial charge >= 0.3 is 0 Å². The summed E-state index contributed by atoms with van der Waals surface area (Å²) in [4.78, 5) is 27.0. The van der Waals surface area contributed by atoms with Gasteiger partial charge in [-0.15, -0.1) is 0 Å². The third-order valence-electron chi connectivity index (χ3n) is 5.02. The van der Waals surface area contributed by atoms with Crippen LogP contribution in [0.3, 0.4) is 0 Å². The van der Waals surface area contributed by atoms with E-state index in [-0.39, 0.29) is 17.6 Å². The molecule has 0 aliphatic carbocycles. The first-order valence-corrected chi connectivity index (χ1v) is 9.24. The molecule has 4 rings (SSSR count). The number of hydrogen-bond acceptors (Lipinski definition) is 3. The number of pyridine rings is 1. The molecule has 0 radical (unpaired) electrons. The normalized spacial score (nSPS) is 16.6. The Morgan fingerprint density at radius 2 is 2.04 bits per heavy atom. The number of benzene rings is 2. The largest absolute Gasteiger partial charge is 0.376 e. The molecule has 1 atom stereocenters. The van der Waals surface area contributed by atoms with Crippen LogP contribution in [0.1, 0.15) is 28.8 Å². The maximum Gasteiger partial charge on any atom is 0.251 e. The minimum absolute atomic E-state index is 0.0892. The van der Waals surface area contributed by atoms with Gasteiger partial charge in [0.05, 0.1) is 6.10 Å². The van der Waals surface area contributed by atoms with Gasteiger partial charge in [-0.1, -0.05) is 18.2 Å². The Labute approximate surface area is 157 Å². The summed E-state index contributed by atoms with van der Waals surface area (Å²) in [6.07, 6.45) is 2.18.